The molecule has 9 nitrogen and oxygen atoms in total. The summed E-state index contributed by atoms with van der Waals surface area (Å²) in [4.78, 5) is 19.9. The number of anilines is 2. The molecule has 1 fully saturated rings. The van der Waals surface area contributed by atoms with Gasteiger partial charge in [0.15, 0.2) is 5.82 Å². The van der Waals surface area contributed by atoms with E-state index in [1.165, 1.54) is 22.9 Å². The highest BCUT2D eigenvalue weighted by Gasteiger charge is 2.39. The molecule has 3 aromatic rings. The number of H-pyrrole nitrogens is 1. The Morgan fingerprint density at radius 3 is 2.88 bits per heavy atom. The normalized spacial score (nSPS) is 21.0. The number of rotatable bonds is 6. The highest BCUT2D eigenvalue weighted by Crippen LogP contribution is 2.38. The van der Waals surface area contributed by atoms with E-state index >= 15 is 0 Å². The van der Waals surface area contributed by atoms with Crippen LogP contribution in [-0.4, -0.2) is 55.2 Å². The molecule has 1 aliphatic carbocycles. The number of aromatic nitrogens is 5. The molecule has 178 valence electrons. The molecule has 0 bridgehead atoms. The molecule has 0 unspecified atom stereocenters. The number of fused-ring (bicyclic) bond motifs is 1. The molecular weight excluding hydrogens is 446 g/mol. The Kier molecular flexibility index (Phi) is 6.13. The fourth-order valence-electron chi connectivity index (χ4n) is 3.81. The quantitative estimate of drug-likeness (QED) is 0.471. The van der Waals surface area contributed by atoms with E-state index in [9.17, 15) is 22.4 Å². The first-order chi connectivity index (χ1) is 15.6. The lowest BCUT2D eigenvalue weighted by atomic mass is 10.0. The van der Waals surface area contributed by atoms with Crippen LogP contribution in [0.15, 0.2) is 24.5 Å². The van der Waals surface area contributed by atoms with Crippen LogP contribution in [0.5, 0.6) is 0 Å². The third-order valence-electron chi connectivity index (χ3n) is 5.19. The van der Waals surface area contributed by atoms with E-state index in [4.69, 9.17) is 4.74 Å². The second kappa shape index (κ2) is 8.87. The summed E-state index contributed by atoms with van der Waals surface area (Å²) in [6.07, 6.45) is -5.20. The number of nitrogens with one attached hydrogen (secondary N) is 3. The zero-order chi connectivity index (χ0) is 23.8. The van der Waals surface area contributed by atoms with Crippen molar-refractivity contribution in [2.45, 2.75) is 63.5 Å². The van der Waals surface area contributed by atoms with Crippen molar-refractivity contribution >= 4 is 23.5 Å². The predicted molar refractivity (Wildman–Crippen MR) is 110 cm³/mol. The summed E-state index contributed by atoms with van der Waals surface area (Å²) in [5.74, 6) is 0.344. The summed E-state index contributed by atoms with van der Waals surface area (Å²) < 4.78 is 59.1. The molecule has 4 rings (SSSR count). The van der Waals surface area contributed by atoms with Crippen molar-refractivity contribution in [1.82, 2.24) is 29.9 Å². The Morgan fingerprint density at radius 1 is 1.36 bits per heavy atom. The zero-order valence-corrected chi connectivity index (χ0v) is 17.9. The monoisotopic (exact) mass is 469 g/mol. The van der Waals surface area contributed by atoms with Gasteiger partial charge in [0.1, 0.15) is 17.9 Å². The van der Waals surface area contributed by atoms with Crippen molar-refractivity contribution < 1.29 is 27.1 Å². The van der Waals surface area contributed by atoms with Crippen molar-refractivity contribution in [3.8, 4) is 0 Å². The number of carbonyl (C=O) groups excluding carboxylic acids is 1. The lowest BCUT2D eigenvalue weighted by Gasteiger charge is -2.16. The van der Waals surface area contributed by atoms with Gasteiger partial charge in [0.05, 0.1) is 12.1 Å². The number of aromatic amines is 1. The first kappa shape index (κ1) is 22.8. The molecule has 3 aromatic heterocycles. The summed E-state index contributed by atoms with van der Waals surface area (Å²) in [6, 6.07) is 3.05. The minimum atomic E-state index is -4.37. The molecule has 3 N–H and O–H groups in total. The van der Waals surface area contributed by atoms with E-state index in [0.717, 1.165) is 0 Å². The van der Waals surface area contributed by atoms with Crippen molar-refractivity contribution in [2.75, 3.05) is 5.32 Å². The maximum Gasteiger partial charge on any atom is 0.407 e. The largest absolute Gasteiger partial charge is 0.443 e. The highest BCUT2D eigenvalue weighted by atomic mass is 19.4. The first-order valence-electron chi connectivity index (χ1n) is 10.4. The van der Waals surface area contributed by atoms with Crippen LogP contribution in [0.3, 0.4) is 0 Å². The topological polar surface area (TPSA) is 109 Å². The summed E-state index contributed by atoms with van der Waals surface area (Å²) in [6.45, 7) is 3.56. The summed E-state index contributed by atoms with van der Waals surface area (Å²) in [5, 5.41) is 12.5. The molecule has 0 aromatic carbocycles. The molecule has 3 atom stereocenters. The van der Waals surface area contributed by atoms with E-state index in [1.807, 2.05) is 0 Å². The van der Waals surface area contributed by atoms with Gasteiger partial charge in [-0.15, -0.1) is 0 Å². The SMILES string of the molecule is CC(C)NC(=O)O[C@H]1C[C@@H](c2cc(Nc3nccc4nc(CC(F)(F)F)cn34)n[nH]2)C[C@H]1F. The van der Waals surface area contributed by atoms with Crippen LogP contribution in [-0.2, 0) is 11.2 Å². The van der Waals surface area contributed by atoms with Crippen molar-refractivity contribution in [2.24, 2.45) is 0 Å². The Hall–Kier alpha value is -3.38. The molecule has 0 aliphatic heterocycles. The fourth-order valence-corrected chi connectivity index (χ4v) is 3.81. The summed E-state index contributed by atoms with van der Waals surface area (Å²) in [5.41, 5.74) is 0.818. The van der Waals surface area contributed by atoms with E-state index < -0.39 is 31.0 Å². The second-order valence-electron chi connectivity index (χ2n) is 8.28. The summed E-state index contributed by atoms with van der Waals surface area (Å²) in [7, 11) is 0. The number of alkyl carbamates (subject to hydrolysis) is 1. The molecule has 0 radical (unpaired) electrons. The molecule has 33 heavy (non-hydrogen) atoms. The van der Waals surface area contributed by atoms with Crippen LogP contribution >= 0.6 is 0 Å². The fraction of sp³-hybridized carbons (Fsp3) is 0.500. The number of halogens is 4. The maximum absolute atomic E-state index is 14.4. The Labute approximate surface area is 185 Å². The van der Waals surface area contributed by atoms with E-state index in [-0.39, 0.29) is 30.0 Å². The Morgan fingerprint density at radius 2 is 2.15 bits per heavy atom. The minimum absolute atomic E-state index is 0.118. The average molecular weight is 469 g/mol. The van der Waals surface area contributed by atoms with Gasteiger partial charge in [0.25, 0.3) is 0 Å². The third-order valence-corrected chi connectivity index (χ3v) is 5.19. The molecule has 1 aliphatic rings. The smallest absolute Gasteiger partial charge is 0.407 e. The van der Waals surface area contributed by atoms with E-state index in [2.05, 4.69) is 30.8 Å². The highest BCUT2D eigenvalue weighted by molar-refractivity contribution is 5.67. The maximum atomic E-state index is 14.4. The lowest BCUT2D eigenvalue weighted by molar-refractivity contribution is -0.127. The van der Waals surface area contributed by atoms with Gasteiger partial charge >= 0.3 is 12.3 Å². The molecule has 0 saturated heterocycles. The number of imidazole rings is 1. The predicted octanol–water partition coefficient (Wildman–Crippen LogP) is 4.02. The molecule has 1 amide bonds. The molecule has 13 heteroatoms. The van der Waals surface area contributed by atoms with Crippen molar-refractivity contribution in [3.63, 3.8) is 0 Å². The van der Waals surface area contributed by atoms with Crippen LogP contribution in [0, 0.1) is 0 Å². The van der Waals surface area contributed by atoms with Gasteiger partial charge in [0.2, 0.25) is 5.95 Å². The van der Waals surface area contributed by atoms with Crippen LogP contribution in [0.4, 0.5) is 34.1 Å². The molecule has 1 saturated carbocycles. The average Bonchev–Trinajstić information content (AvgIpc) is 3.39. The number of hydrogen-bond donors (Lipinski definition) is 3. The number of nitrogens with zero attached hydrogens (tertiary/aromatic N) is 4. The Bertz CT molecular complexity index is 1130. The lowest BCUT2D eigenvalue weighted by Crippen LogP contribution is -2.35. The number of carbonyl (C=O) groups is 1. The third kappa shape index (κ3) is 5.52. The zero-order valence-electron chi connectivity index (χ0n) is 17.9. The summed E-state index contributed by atoms with van der Waals surface area (Å²) >= 11 is 0. The van der Waals surface area contributed by atoms with Gasteiger partial charge < -0.3 is 15.4 Å². The van der Waals surface area contributed by atoms with Gasteiger partial charge in [0, 0.05) is 36.1 Å². The second-order valence-corrected chi connectivity index (χ2v) is 8.28. The van der Waals surface area contributed by atoms with Gasteiger partial charge in [-0.3, -0.25) is 9.50 Å². The van der Waals surface area contributed by atoms with Crippen LogP contribution in [0.25, 0.3) is 5.65 Å². The minimum Gasteiger partial charge on any atom is -0.443 e. The standard InChI is InChI=1S/C20H23F4N7O2/c1-10(2)26-19(32)33-15-6-11(5-13(15)21)14-7-16(30-29-14)28-18-25-4-3-17-27-12(9-31(17)18)8-20(22,23)24/h3-4,7,9-11,13,15H,5-6,8H2,1-2H3,(H,26,32)(H2,25,28,29,30)/t11-,13+,15-/m0/s1. The van der Waals surface area contributed by atoms with Gasteiger partial charge in [-0.05, 0) is 32.8 Å². The van der Waals surface area contributed by atoms with Crippen LogP contribution < -0.4 is 10.6 Å². The molecule has 3 heterocycles. The van der Waals surface area contributed by atoms with Gasteiger partial charge in [-0.25, -0.2) is 19.2 Å². The molecular formula is C20H23F4N7O2. The molecule has 0 spiro atoms. The van der Waals surface area contributed by atoms with Gasteiger partial charge in [-0.1, -0.05) is 0 Å². The van der Waals surface area contributed by atoms with E-state index in [1.54, 1.807) is 19.9 Å². The number of alkyl halides is 4. The van der Waals surface area contributed by atoms with Crippen LogP contribution in [0.2, 0.25) is 0 Å². The van der Waals surface area contributed by atoms with Crippen LogP contribution in [0.1, 0.15) is 44.0 Å². The van der Waals surface area contributed by atoms with Gasteiger partial charge in [-0.2, -0.15) is 18.3 Å². The van der Waals surface area contributed by atoms with E-state index in [0.29, 0.717) is 23.6 Å². The number of amides is 1. The Balaban J connectivity index is 1.44. The van der Waals surface area contributed by atoms with Crippen molar-refractivity contribution in [3.05, 3.63) is 35.9 Å². The van der Waals surface area contributed by atoms with Crippen molar-refractivity contribution in [1.29, 1.82) is 0 Å². The number of ether oxygens (including phenoxy) is 1. The first-order valence-corrected chi connectivity index (χ1v) is 10.4. The number of hydrogen-bond acceptors (Lipinski definition) is 6.